The Morgan fingerprint density at radius 1 is 1.00 bits per heavy atom. The number of ether oxygens (including phenoxy) is 2. The van der Waals surface area contributed by atoms with Gasteiger partial charge in [0.2, 0.25) is 6.29 Å². The van der Waals surface area contributed by atoms with Crippen LogP contribution in [0.2, 0.25) is 0 Å². The van der Waals surface area contributed by atoms with Crippen molar-refractivity contribution in [2.45, 2.75) is 93.6 Å². The highest BCUT2D eigenvalue weighted by molar-refractivity contribution is 8.76. The second-order valence-corrected chi connectivity index (χ2v) is 21.9. The second-order valence-electron chi connectivity index (χ2n) is 19.3. The third-order valence-corrected chi connectivity index (χ3v) is 19.0. The Hall–Kier alpha value is -4.19. The van der Waals surface area contributed by atoms with E-state index in [1.807, 2.05) is 24.3 Å². The molecule has 1 saturated heterocycles. The van der Waals surface area contributed by atoms with E-state index in [0.29, 0.717) is 37.8 Å². The second kappa shape index (κ2) is 15.4. The summed E-state index contributed by atoms with van der Waals surface area (Å²) in [7, 11) is 2.92. The topological polar surface area (TPSA) is 215 Å². The van der Waals surface area contributed by atoms with E-state index in [1.54, 1.807) is 18.2 Å². The zero-order valence-corrected chi connectivity index (χ0v) is 36.7. The first-order chi connectivity index (χ1) is 30.9. The Morgan fingerprint density at radius 2 is 1.83 bits per heavy atom. The summed E-state index contributed by atoms with van der Waals surface area (Å²) in [4.78, 5) is 43.3. The molecule has 3 spiro atoms. The van der Waals surface area contributed by atoms with Crippen LogP contribution >= 0.6 is 21.6 Å². The molecule has 64 heavy (non-hydrogen) atoms. The van der Waals surface area contributed by atoms with E-state index in [4.69, 9.17) is 9.47 Å². The van der Waals surface area contributed by atoms with Crippen molar-refractivity contribution in [3.63, 3.8) is 0 Å². The van der Waals surface area contributed by atoms with Crippen LogP contribution in [-0.4, -0.2) is 103 Å². The van der Waals surface area contributed by atoms with Crippen LogP contribution in [0.25, 0.3) is 0 Å². The Bertz CT molecular complexity index is 2520. The Kier molecular flexibility index (Phi) is 10.2. The van der Waals surface area contributed by atoms with Crippen molar-refractivity contribution >= 4 is 39.4 Å². The van der Waals surface area contributed by atoms with Crippen molar-refractivity contribution < 1.29 is 54.5 Å². The van der Waals surface area contributed by atoms with Gasteiger partial charge < -0.3 is 55.5 Å². The lowest BCUT2D eigenvalue weighted by Crippen LogP contribution is -2.70. The minimum atomic E-state index is -2.33. The van der Waals surface area contributed by atoms with Crippen molar-refractivity contribution in [2.75, 3.05) is 18.9 Å². The van der Waals surface area contributed by atoms with Crippen LogP contribution in [-0.2, 0) is 22.6 Å². The molecular weight excluding hydrogens is 857 g/mol. The number of hydrogen-bond donors (Lipinski definition) is 8. The van der Waals surface area contributed by atoms with E-state index in [9.17, 15) is 40.2 Å². The molecule has 5 aliphatic carbocycles. The predicted molar refractivity (Wildman–Crippen MR) is 238 cm³/mol. The van der Waals surface area contributed by atoms with Gasteiger partial charge in [-0.3, -0.25) is 9.59 Å². The smallest absolute Gasteiger partial charge is 0.229 e. The molecule has 0 aromatic heterocycles. The summed E-state index contributed by atoms with van der Waals surface area (Å²) in [5.41, 5.74) is -0.131. The highest BCUT2D eigenvalue weighted by Crippen LogP contribution is 2.72. The number of aliphatic hydroxyl groups excluding tert-OH is 5. The molecular formula is C49H52N2O11S2. The standard InChI is InChI=1S/C49H52N2O11S2/c52-20-26-5-1-4-25(14-26)15-27-16-32-40(56)30-7-2-8-33-39(30)42(58)48(32,36(55)17-27)24-63-64-37-19-28-18-35-46(10-3-6-29(46)21-53)11-12-47(35,31-9-13-50-44(51-37)38(28)31)23-49(60)41(57)34(22-54)62-45(61-33)43(49)59/h1-2,4-5,7-9,14,16-18,21,29,32,34-35,37,41,43,45,50-52,54-55,57,59-60H,3,6,10-13,15,19-20,22-24H2. The third kappa shape index (κ3) is 5.97. The molecule has 336 valence electrons. The van der Waals surface area contributed by atoms with Crippen LogP contribution < -0.4 is 15.4 Å². The molecule has 2 aromatic carbocycles. The molecule has 0 radical (unpaired) electrons. The van der Waals surface area contributed by atoms with E-state index in [2.05, 4.69) is 22.8 Å². The number of ketones is 2. The van der Waals surface area contributed by atoms with E-state index in [0.717, 1.165) is 59.2 Å². The quantitative estimate of drug-likeness (QED) is 0.153. The lowest BCUT2D eigenvalue weighted by molar-refractivity contribution is -0.320. The maximum atomic E-state index is 15.4. The summed E-state index contributed by atoms with van der Waals surface area (Å²) in [6.45, 7) is -0.412. The molecule has 12 unspecified atom stereocenters. The molecule has 13 nitrogen and oxygen atoms in total. The van der Waals surface area contributed by atoms with Crippen molar-refractivity contribution in [3.8, 4) is 5.75 Å². The van der Waals surface area contributed by atoms with Crippen LogP contribution in [0.4, 0.5) is 0 Å². The van der Waals surface area contributed by atoms with Gasteiger partial charge in [-0.15, -0.1) is 0 Å². The molecule has 13 rings (SSSR count). The summed E-state index contributed by atoms with van der Waals surface area (Å²) in [5.74, 6) is -2.08. The first kappa shape index (κ1) is 42.4. The number of hydrogen-bond acceptors (Lipinski definition) is 15. The molecule has 3 fully saturated rings. The first-order valence-electron chi connectivity index (χ1n) is 22.3. The summed E-state index contributed by atoms with van der Waals surface area (Å²) in [6, 6.07) is 12.0. The number of rotatable bonds is 5. The number of aliphatic hydroxyl groups is 6. The minimum absolute atomic E-state index is 0.00541. The Morgan fingerprint density at radius 3 is 2.64 bits per heavy atom. The fraction of sp³-hybridized carbons (Fsp3) is 0.490. The monoisotopic (exact) mass is 908 g/mol. The maximum absolute atomic E-state index is 15.4. The Labute approximate surface area is 378 Å². The zero-order valence-electron chi connectivity index (χ0n) is 35.1. The zero-order chi connectivity index (χ0) is 44.3. The number of aldehydes is 1. The number of benzene rings is 2. The number of carbonyl (C=O) groups is 3. The van der Waals surface area contributed by atoms with E-state index >= 15 is 4.79 Å². The summed E-state index contributed by atoms with van der Waals surface area (Å²) >= 11 is 0. The average Bonchev–Trinajstić information content (AvgIpc) is 3.86. The number of nitrogens with one attached hydrogen (secondary N) is 2. The molecule has 6 aliphatic heterocycles. The third-order valence-electron chi connectivity index (χ3n) is 16.3. The van der Waals surface area contributed by atoms with Crippen molar-refractivity contribution in [3.05, 3.63) is 123 Å². The molecule has 11 aliphatic rings. The Balaban J connectivity index is 1.07. The van der Waals surface area contributed by atoms with Crippen molar-refractivity contribution in [1.82, 2.24) is 10.6 Å². The highest BCUT2D eigenvalue weighted by atomic mass is 33.1. The first-order valence-corrected chi connectivity index (χ1v) is 24.7. The predicted octanol–water partition coefficient (Wildman–Crippen LogP) is 4.50. The molecule has 10 bridgehead atoms. The van der Waals surface area contributed by atoms with Gasteiger partial charge in [-0.1, -0.05) is 82.6 Å². The lowest BCUT2D eigenvalue weighted by atomic mass is 9.53. The molecule has 2 saturated carbocycles. The number of Topliss-reactive ketones (excluding diaryl/α,β-unsaturated/α-hetero) is 2. The lowest BCUT2D eigenvalue weighted by Gasteiger charge is -2.56. The van der Waals surface area contributed by atoms with Crippen LogP contribution in [0.15, 0.2) is 101 Å². The summed E-state index contributed by atoms with van der Waals surface area (Å²) < 4.78 is 12.5. The van der Waals surface area contributed by atoms with Crippen LogP contribution in [0.5, 0.6) is 5.75 Å². The summed E-state index contributed by atoms with van der Waals surface area (Å²) in [6.07, 6.45) is 6.54. The van der Waals surface area contributed by atoms with Gasteiger partial charge in [-0.25, -0.2) is 0 Å². The molecule has 2 aromatic rings. The van der Waals surface area contributed by atoms with Gasteiger partial charge in [-0.2, -0.15) is 0 Å². The number of carbonyl (C=O) groups excluding carboxylic acids is 3. The van der Waals surface area contributed by atoms with Crippen molar-refractivity contribution in [2.24, 2.45) is 34.0 Å². The fourth-order valence-electron chi connectivity index (χ4n) is 13.3. The fourth-order valence-corrected chi connectivity index (χ4v) is 16.2. The number of dihydropyridines is 1. The van der Waals surface area contributed by atoms with Gasteiger partial charge in [-0.05, 0) is 89.8 Å². The normalized spacial score (nSPS) is 39.6. The summed E-state index contributed by atoms with van der Waals surface area (Å²) in [5, 5.41) is 77.4. The SMILES string of the molecule is O=CC1CCCC12CCC13CC4(O)C(O)C(CO)OC(Oc5cccc6c5C(=O)C5(CSSC7CC(=CC12)C1=C(NCC=C13)N7)C(O)=CC(Cc1cccc(CO)c1)=CC5C6=O)C4O. The van der Waals surface area contributed by atoms with E-state index in [-0.39, 0.29) is 58.6 Å². The van der Waals surface area contributed by atoms with Crippen LogP contribution in [0, 0.1) is 34.0 Å². The highest BCUT2D eigenvalue weighted by Gasteiger charge is 2.68. The largest absolute Gasteiger partial charge is 0.511 e. The molecule has 6 heterocycles. The van der Waals surface area contributed by atoms with Gasteiger partial charge in [0.05, 0.1) is 30.1 Å². The average molecular weight is 909 g/mol. The van der Waals surface area contributed by atoms with Gasteiger partial charge in [0.15, 0.2) is 11.6 Å². The van der Waals surface area contributed by atoms with Gasteiger partial charge in [0.25, 0.3) is 0 Å². The van der Waals surface area contributed by atoms with E-state index < -0.39 is 70.5 Å². The van der Waals surface area contributed by atoms with Gasteiger partial charge >= 0.3 is 0 Å². The minimum Gasteiger partial charge on any atom is -0.511 e. The number of allylic oxidation sites excluding steroid dienone is 7. The van der Waals surface area contributed by atoms with Gasteiger partial charge in [0, 0.05) is 41.2 Å². The molecule has 0 amide bonds. The van der Waals surface area contributed by atoms with E-state index in [1.165, 1.54) is 33.7 Å². The van der Waals surface area contributed by atoms with Gasteiger partial charge in [0.1, 0.15) is 52.9 Å². The molecule has 15 heteroatoms. The van der Waals surface area contributed by atoms with Crippen LogP contribution in [0.1, 0.15) is 76.8 Å². The molecule has 8 N–H and O–H groups in total. The van der Waals surface area contributed by atoms with Crippen molar-refractivity contribution in [1.29, 1.82) is 0 Å². The molecule has 12 atom stereocenters. The maximum Gasteiger partial charge on any atom is 0.229 e. The van der Waals surface area contributed by atoms with Crippen LogP contribution in [0.3, 0.4) is 0 Å².